The van der Waals surface area contributed by atoms with E-state index in [1.807, 2.05) is 6.92 Å². The molecule has 0 aliphatic heterocycles. The van der Waals surface area contributed by atoms with Crippen LogP contribution in [0.15, 0.2) is 0 Å². The molecule has 0 heterocycles. The summed E-state index contributed by atoms with van der Waals surface area (Å²) in [5.41, 5.74) is 0. The predicted octanol–water partition coefficient (Wildman–Crippen LogP) is 2.73. The molecular weight excluding hydrogens is 219 g/mol. The molecule has 0 radical (unpaired) electrons. The first kappa shape index (κ1) is 13.8. The van der Waals surface area contributed by atoms with Crippen molar-refractivity contribution < 1.29 is 17.9 Å². The minimum absolute atomic E-state index is 0.0936. The molecule has 0 aromatic rings. The number of ether oxygens (including phenoxy) is 1. The van der Waals surface area contributed by atoms with E-state index in [9.17, 15) is 13.2 Å². The molecule has 1 rings (SSSR count). The molecule has 0 aromatic carbocycles. The summed E-state index contributed by atoms with van der Waals surface area (Å²) in [6.07, 6.45) is 0.180. The van der Waals surface area contributed by atoms with Gasteiger partial charge in [0.05, 0.1) is 6.61 Å². The highest BCUT2D eigenvalue weighted by Gasteiger charge is 2.30. The van der Waals surface area contributed by atoms with Crippen molar-refractivity contribution in [1.82, 2.24) is 5.32 Å². The Labute approximate surface area is 94.5 Å². The fourth-order valence-electron chi connectivity index (χ4n) is 1.84. The first-order valence-electron chi connectivity index (χ1n) is 5.91. The van der Waals surface area contributed by atoms with Crippen LogP contribution >= 0.6 is 0 Å². The van der Waals surface area contributed by atoms with Gasteiger partial charge in [-0.15, -0.1) is 0 Å². The molecule has 1 unspecified atom stereocenters. The smallest absolute Gasteiger partial charge is 0.370 e. The molecule has 96 valence electrons. The van der Waals surface area contributed by atoms with E-state index in [0.717, 1.165) is 25.8 Å². The summed E-state index contributed by atoms with van der Waals surface area (Å²) in [7, 11) is 0. The van der Waals surface area contributed by atoms with Crippen LogP contribution in [0.2, 0.25) is 0 Å². The molecular formula is C11H20F3NO. The topological polar surface area (TPSA) is 21.3 Å². The third-order valence-electron chi connectivity index (χ3n) is 2.94. The Morgan fingerprint density at radius 3 is 2.50 bits per heavy atom. The summed E-state index contributed by atoms with van der Waals surface area (Å²) < 4.78 is 40.5. The van der Waals surface area contributed by atoms with Gasteiger partial charge >= 0.3 is 6.18 Å². The standard InChI is InChI=1S/C11H20F3NO/c1-2-6-15-10(9-4-3-5-9)7-16-8-11(12,13)14/h9-10,15H,2-8H2,1H3. The number of hydrogen-bond acceptors (Lipinski definition) is 2. The second kappa shape index (κ2) is 6.45. The summed E-state index contributed by atoms with van der Waals surface area (Å²) in [5, 5.41) is 3.27. The second-order valence-corrected chi connectivity index (χ2v) is 4.38. The van der Waals surface area contributed by atoms with Gasteiger partial charge < -0.3 is 10.1 Å². The lowest BCUT2D eigenvalue weighted by atomic mass is 9.80. The maximum Gasteiger partial charge on any atom is 0.411 e. The van der Waals surface area contributed by atoms with E-state index in [4.69, 9.17) is 4.74 Å². The first-order valence-corrected chi connectivity index (χ1v) is 5.91. The van der Waals surface area contributed by atoms with Gasteiger partial charge in [0.15, 0.2) is 0 Å². The highest BCUT2D eigenvalue weighted by molar-refractivity contribution is 4.82. The summed E-state index contributed by atoms with van der Waals surface area (Å²) in [5.74, 6) is 0.500. The molecule has 5 heteroatoms. The number of nitrogens with one attached hydrogen (secondary N) is 1. The molecule has 0 aromatic heterocycles. The Morgan fingerprint density at radius 2 is 2.06 bits per heavy atom. The second-order valence-electron chi connectivity index (χ2n) is 4.38. The lowest BCUT2D eigenvalue weighted by molar-refractivity contribution is -0.176. The van der Waals surface area contributed by atoms with Crippen LogP contribution in [0.5, 0.6) is 0 Å². The van der Waals surface area contributed by atoms with E-state index < -0.39 is 12.8 Å². The lowest BCUT2D eigenvalue weighted by Crippen LogP contribution is -2.43. The van der Waals surface area contributed by atoms with E-state index in [1.165, 1.54) is 6.42 Å². The van der Waals surface area contributed by atoms with Crippen LogP contribution < -0.4 is 5.32 Å². The van der Waals surface area contributed by atoms with Crippen molar-refractivity contribution in [2.75, 3.05) is 19.8 Å². The van der Waals surface area contributed by atoms with Gasteiger partial charge in [0, 0.05) is 6.04 Å². The van der Waals surface area contributed by atoms with E-state index in [-0.39, 0.29) is 12.6 Å². The van der Waals surface area contributed by atoms with Crippen molar-refractivity contribution in [2.24, 2.45) is 5.92 Å². The van der Waals surface area contributed by atoms with Gasteiger partial charge in [-0.2, -0.15) is 13.2 Å². The molecule has 1 fully saturated rings. The van der Waals surface area contributed by atoms with Crippen LogP contribution in [0, 0.1) is 5.92 Å². The van der Waals surface area contributed by atoms with Crippen molar-refractivity contribution in [1.29, 1.82) is 0 Å². The van der Waals surface area contributed by atoms with Crippen molar-refractivity contribution in [3.8, 4) is 0 Å². The first-order chi connectivity index (χ1) is 7.53. The van der Waals surface area contributed by atoms with Gasteiger partial charge in [0.2, 0.25) is 0 Å². The van der Waals surface area contributed by atoms with Crippen LogP contribution in [0.4, 0.5) is 13.2 Å². The fraction of sp³-hybridized carbons (Fsp3) is 1.00. The molecule has 2 nitrogen and oxygen atoms in total. The van der Waals surface area contributed by atoms with Crippen molar-refractivity contribution >= 4 is 0 Å². The Hall–Kier alpha value is -0.290. The molecule has 1 N–H and O–H groups in total. The van der Waals surface area contributed by atoms with Crippen LogP contribution in [-0.2, 0) is 4.74 Å². The summed E-state index contributed by atoms with van der Waals surface area (Å²) >= 11 is 0. The maximum absolute atomic E-state index is 11.9. The minimum atomic E-state index is -4.21. The summed E-state index contributed by atoms with van der Waals surface area (Å²) in [4.78, 5) is 0. The Morgan fingerprint density at radius 1 is 1.38 bits per heavy atom. The highest BCUT2D eigenvalue weighted by atomic mass is 19.4. The fourth-order valence-corrected chi connectivity index (χ4v) is 1.84. The van der Waals surface area contributed by atoms with Gasteiger partial charge in [-0.05, 0) is 31.7 Å². The number of alkyl halides is 3. The molecule has 1 aliphatic carbocycles. The van der Waals surface area contributed by atoms with Gasteiger partial charge in [0.25, 0.3) is 0 Å². The highest BCUT2D eigenvalue weighted by Crippen LogP contribution is 2.30. The summed E-state index contributed by atoms with van der Waals surface area (Å²) in [6, 6.07) is 0.0936. The van der Waals surface area contributed by atoms with Crippen LogP contribution in [0.25, 0.3) is 0 Å². The zero-order chi connectivity index (χ0) is 12.0. The average molecular weight is 239 g/mol. The van der Waals surface area contributed by atoms with Crippen molar-refractivity contribution in [3.63, 3.8) is 0 Å². The van der Waals surface area contributed by atoms with E-state index in [1.54, 1.807) is 0 Å². The predicted molar refractivity (Wildman–Crippen MR) is 56.3 cm³/mol. The average Bonchev–Trinajstić information content (AvgIpc) is 2.08. The monoisotopic (exact) mass is 239 g/mol. The molecule has 0 spiro atoms. The Balaban J connectivity index is 2.21. The molecule has 0 saturated heterocycles. The molecule has 1 atom stereocenters. The molecule has 1 aliphatic rings. The number of hydrogen-bond donors (Lipinski definition) is 1. The Bertz CT molecular complexity index is 192. The SMILES string of the molecule is CCCNC(COCC(F)(F)F)C1CCC1. The minimum Gasteiger partial charge on any atom is -0.370 e. The summed E-state index contributed by atoms with van der Waals surface area (Å²) in [6.45, 7) is 1.92. The van der Waals surface area contributed by atoms with E-state index in [0.29, 0.717) is 5.92 Å². The largest absolute Gasteiger partial charge is 0.411 e. The molecule has 0 amide bonds. The third-order valence-corrected chi connectivity index (χ3v) is 2.94. The third kappa shape index (κ3) is 5.16. The van der Waals surface area contributed by atoms with Crippen molar-refractivity contribution in [2.45, 2.75) is 44.8 Å². The van der Waals surface area contributed by atoms with Gasteiger partial charge in [-0.3, -0.25) is 0 Å². The van der Waals surface area contributed by atoms with Gasteiger partial charge in [-0.1, -0.05) is 13.3 Å². The van der Waals surface area contributed by atoms with Crippen LogP contribution in [0.3, 0.4) is 0 Å². The molecule has 1 saturated carbocycles. The number of halogens is 3. The lowest BCUT2D eigenvalue weighted by Gasteiger charge is -2.34. The molecule has 16 heavy (non-hydrogen) atoms. The van der Waals surface area contributed by atoms with Crippen LogP contribution in [-0.4, -0.2) is 32.0 Å². The normalized spacial score (nSPS) is 19.5. The van der Waals surface area contributed by atoms with E-state index >= 15 is 0 Å². The zero-order valence-corrected chi connectivity index (χ0v) is 9.65. The van der Waals surface area contributed by atoms with Gasteiger partial charge in [-0.25, -0.2) is 0 Å². The van der Waals surface area contributed by atoms with Crippen LogP contribution in [0.1, 0.15) is 32.6 Å². The quantitative estimate of drug-likeness (QED) is 0.737. The maximum atomic E-state index is 11.9. The Kier molecular flexibility index (Phi) is 5.55. The van der Waals surface area contributed by atoms with Gasteiger partial charge in [0.1, 0.15) is 6.61 Å². The van der Waals surface area contributed by atoms with E-state index in [2.05, 4.69) is 5.32 Å². The number of rotatable bonds is 7. The molecule has 0 bridgehead atoms. The van der Waals surface area contributed by atoms with Crippen molar-refractivity contribution in [3.05, 3.63) is 0 Å². The zero-order valence-electron chi connectivity index (χ0n) is 9.65.